The molecule has 0 spiro atoms. The molecule has 2 heteroatoms. The smallest absolute Gasteiger partial charge is 0.118 e. The summed E-state index contributed by atoms with van der Waals surface area (Å²) >= 11 is 0. The lowest BCUT2D eigenvalue weighted by Gasteiger charge is -2.10. The van der Waals surface area contributed by atoms with E-state index >= 15 is 0 Å². The molecule has 2 nitrogen and oxygen atoms in total. The van der Waals surface area contributed by atoms with Gasteiger partial charge in [-0.15, -0.1) is 6.58 Å². The van der Waals surface area contributed by atoms with Crippen molar-refractivity contribution in [2.75, 3.05) is 7.11 Å². The molecule has 1 atom stereocenters. The molecular weight excluding hydrogens is 212 g/mol. The van der Waals surface area contributed by atoms with Crippen LogP contribution < -0.4 is 4.74 Å². The molecule has 0 aromatic heterocycles. The van der Waals surface area contributed by atoms with Gasteiger partial charge in [-0.05, 0) is 50.3 Å². The van der Waals surface area contributed by atoms with Crippen molar-refractivity contribution >= 4 is 0 Å². The van der Waals surface area contributed by atoms with E-state index in [4.69, 9.17) is 4.74 Å². The first-order valence-electron chi connectivity index (χ1n) is 6.07. The molecule has 0 radical (unpaired) electrons. The Hall–Kier alpha value is -1.28. The maximum Gasteiger partial charge on any atom is 0.118 e. The van der Waals surface area contributed by atoms with E-state index in [9.17, 15) is 5.11 Å². The second-order valence-electron chi connectivity index (χ2n) is 4.54. The summed E-state index contributed by atoms with van der Waals surface area (Å²) in [5, 5.41) is 9.79. The van der Waals surface area contributed by atoms with Gasteiger partial charge in [0, 0.05) is 0 Å². The van der Waals surface area contributed by atoms with Crippen molar-refractivity contribution in [1.82, 2.24) is 0 Å². The molecule has 0 saturated heterocycles. The van der Waals surface area contributed by atoms with E-state index < -0.39 is 0 Å². The van der Waals surface area contributed by atoms with Crippen LogP contribution in [0.2, 0.25) is 0 Å². The zero-order valence-corrected chi connectivity index (χ0v) is 10.8. The molecule has 0 saturated carbocycles. The SMILES string of the molecule is C=C(C)CCC(O)CCc1ccc(OC)cc1. The molecule has 0 aliphatic heterocycles. The molecule has 0 amide bonds. The topological polar surface area (TPSA) is 29.5 Å². The number of methoxy groups -OCH3 is 1. The van der Waals surface area contributed by atoms with E-state index in [1.807, 2.05) is 31.2 Å². The largest absolute Gasteiger partial charge is 0.497 e. The van der Waals surface area contributed by atoms with Crippen molar-refractivity contribution in [2.45, 2.75) is 38.7 Å². The number of ether oxygens (including phenoxy) is 1. The van der Waals surface area contributed by atoms with Gasteiger partial charge in [-0.3, -0.25) is 0 Å². The number of aryl methyl sites for hydroxylation is 1. The molecule has 1 rings (SSSR count). The Morgan fingerprint density at radius 2 is 1.94 bits per heavy atom. The fourth-order valence-electron chi connectivity index (χ4n) is 1.68. The fraction of sp³-hybridized carbons (Fsp3) is 0.467. The van der Waals surface area contributed by atoms with E-state index in [-0.39, 0.29) is 6.10 Å². The first kappa shape index (κ1) is 13.8. The average molecular weight is 234 g/mol. The molecule has 0 aliphatic carbocycles. The number of aliphatic hydroxyl groups excluding tert-OH is 1. The van der Waals surface area contributed by atoms with Crippen LogP contribution in [0.5, 0.6) is 5.75 Å². The molecular formula is C15H22O2. The van der Waals surface area contributed by atoms with Crippen molar-refractivity contribution < 1.29 is 9.84 Å². The van der Waals surface area contributed by atoms with Gasteiger partial charge in [-0.1, -0.05) is 17.7 Å². The van der Waals surface area contributed by atoms with Crippen LogP contribution in [0.3, 0.4) is 0 Å². The van der Waals surface area contributed by atoms with Gasteiger partial charge in [-0.2, -0.15) is 0 Å². The molecule has 94 valence electrons. The summed E-state index contributed by atoms with van der Waals surface area (Å²) in [5.41, 5.74) is 2.37. The summed E-state index contributed by atoms with van der Waals surface area (Å²) in [6.07, 6.45) is 3.20. The van der Waals surface area contributed by atoms with Crippen molar-refractivity contribution in [2.24, 2.45) is 0 Å². The highest BCUT2D eigenvalue weighted by molar-refractivity contribution is 5.27. The molecule has 1 aromatic carbocycles. The molecule has 0 bridgehead atoms. The maximum absolute atomic E-state index is 9.79. The minimum absolute atomic E-state index is 0.228. The Labute approximate surface area is 104 Å². The summed E-state index contributed by atoms with van der Waals surface area (Å²) in [4.78, 5) is 0. The molecule has 0 aliphatic rings. The minimum Gasteiger partial charge on any atom is -0.497 e. The Bertz CT molecular complexity index is 340. The number of hydrogen-bond acceptors (Lipinski definition) is 2. The van der Waals surface area contributed by atoms with Gasteiger partial charge in [0.1, 0.15) is 5.75 Å². The van der Waals surface area contributed by atoms with E-state index in [0.717, 1.165) is 37.0 Å². The highest BCUT2D eigenvalue weighted by atomic mass is 16.5. The van der Waals surface area contributed by atoms with Gasteiger partial charge >= 0.3 is 0 Å². The van der Waals surface area contributed by atoms with Crippen molar-refractivity contribution in [3.63, 3.8) is 0 Å². The number of aliphatic hydroxyl groups is 1. The van der Waals surface area contributed by atoms with Crippen LogP contribution in [0.4, 0.5) is 0 Å². The van der Waals surface area contributed by atoms with Crippen LogP contribution in [0.15, 0.2) is 36.4 Å². The molecule has 1 unspecified atom stereocenters. The summed E-state index contributed by atoms with van der Waals surface area (Å²) in [6.45, 7) is 5.84. The van der Waals surface area contributed by atoms with Crippen molar-refractivity contribution in [3.05, 3.63) is 42.0 Å². The summed E-state index contributed by atoms with van der Waals surface area (Å²) < 4.78 is 5.10. The zero-order valence-electron chi connectivity index (χ0n) is 10.8. The van der Waals surface area contributed by atoms with Gasteiger partial charge in [0.2, 0.25) is 0 Å². The van der Waals surface area contributed by atoms with Crippen LogP contribution in [-0.2, 0) is 6.42 Å². The highest BCUT2D eigenvalue weighted by Gasteiger charge is 2.04. The van der Waals surface area contributed by atoms with E-state index in [2.05, 4.69) is 6.58 Å². The average Bonchev–Trinajstić information content (AvgIpc) is 2.34. The summed E-state index contributed by atoms with van der Waals surface area (Å²) in [6, 6.07) is 8.00. The first-order valence-corrected chi connectivity index (χ1v) is 6.07. The summed E-state index contributed by atoms with van der Waals surface area (Å²) in [5.74, 6) is 0.872. The third kappa shape index (κ3) is 5.55. The maximum atomic E-state index is 9.79. The Kier molecular flexibility index (Phi) is 5.78. The molecule has 1 aromatic rings. The van der Waals surface area contributed by atoms with Gasteiger partial charge < -0.3 is 9.84 Å². The number of rotatable bonds is 7. The van der Waals surface area contributed by atoms with Gasteiger partial charge in [0.15, 0.2) is 0 Å². The van der Waals surface area contributed by atoms with Crippen LogP contribution in [-0.4, -0.2) is 18.3 Å². The standard InChI is InChI=1S/C15H22O2/c1-12(2)4-8-14(16)9-5-13-6-10-15(17-3)11-7-13/h6-7,10-11,14,16H,1,4-5,8-9H2,2-3H3. The highest BCUT2D eigenvalue weighted by Crippen LogP contribution is 2.15. The quantitative estimate of drug-likeness (QED) is 0.733. The lowest BCUT2D eigenvalue weighted by Crippen LogP contribution is -2.07. The Balaban J connectivity index is 2.31. The second kappa shape index (κ2) is 7.13. The Morgan fingerprint density at radius 1 is 1.29 bits per heavy atom. The number of allylic oxidation sites excluding steroid dienone is 1. The molecule has 17 heavy (non-hydrogen) atoms. The lowest BCUT2D eigenvalue weighted by atomic mass is 10.0. The molecule has 0 heterocycles. The third-order valence-electron chi connectivity index (χ3n) is 2.83. The lowest BCUT2D eigenvalue weighted by molar-refractivity contribution is 0.155. The minimum atomic E-state index is -0.228. The van der Waals surface area contributed by atoms with Crippen molar-refractivity contribution in [1.29, 1.82) is 0 Å². The Morgan fingerprint density at radius 3 is 2.47 bits per heavy atom. The third-order valence-corrected chi connectivity index (χ3v) is 2.83. The predicted octanol–water partition coefficient (Wildman–Crippen LogP) is 3.35. The van der Waals surface area contributed by atoms with Crippen molar-refractivity contribution in [3.8, 4) is 5.75 Å². The normalized spacial score (nSPS) is 12.2. The van der Waals surface area contributed by atoms with Crippen LogP contribution in [0.25, 0.3) is 0 Å². The van der Waals surface area contributed by atoms with E-state index in [1.165, 1.54) is 5.56 Å². The predicted molar refractivity (Wildman–Crippen MR) is 71.4 cm³/mol. The first-order chi connectivity index (χ1) is 8.11. The van der Waals surface area contributed by atoms with Crippen LogP contribution in [0.1, 0.15) is 31.7 Å². The zero-order chi connectivity index (χ0) is 12.7. The van der Waals surface area contributed by atoms with Gasteiger partial charge in [-0.25, -0.2) is 0 Å². The summed E-state index contributed by atoms with van der Waals surface area (Å²) in [7, 11) is 1.66. The van der Waals surface area contributed by atoms with Gasteiger partial charge in [0.25, 0.3) is 0 Å². The fourth-order valence-corrected chi connectivity index (χ4v) is 1.68. The number of hydrogen-bond donors (Lipinski definition) is 1. The van der Waals surface area contributed by atoms with E-state index in [0.29, 0.717) is 0 Å². The molecule has 1 N–H and O–H groups in total. The van der Waals surface area contributed by atoms with Gasteiger partial charge in [0.05, 0.1) is 13.2 Å². The van der Waals surface area contributed by atoms with E-state index in [1.54, 1.807) is 7.11 Å². The van der Waals surface area contributed by atoms with Crippen LogP contribution in [0, 0.1) is 0 Å². The monoisotopic (exact) mass is 234 g/mol. The van der Waals surface area contributed by atoms with Crippen LogP contribution >= 0.6 is 0 Å². The number of benzene rings is 1. The molecule has 0 fully saturated rings. The second-order valence-corrected chi connectivity index (χ2v) is 4.54.